The number of hydrogen-bond acceptors (Lipinski definition) is 5. The Morgan fingerprint density at radius 1 is 1.38 bits per heavy atom. The highest BCUT2D eigenvalue weighted by molar-refractivity contribution is 9.10. The van der Waals surface area contributed by atoms with Crippen LogP contribution in [0, 0.1) is 0 Å². The molecule has 1 aliphatic carbocycles. The van der Waals surface area contributed by atoms with Gasteiger partial charge in [-0.2, -0.15) is 0 Å². The van der Waals surface area contributed by atoms with Crippen molar-refractivity contribution in [2.75, 3.05) is 13.7 Å². The fraction of sp³-hybridized carbons (Fsp3) is 0.611. The minimum Gasteiger partial charge on any atom is -0.493 e. The molecule has 0 aromatic heterocycles. The maximum absolute atomic E-state index is 11.8. The molecule has 0 saturated heterocycles. The van der Waals surface area contributed by atoms with Gasteiger partial charge in [0, 0.05) is 12.6 Å². The molecule has 1 aromatic carbocycles. The van der Waals surface area contributed by atoms with Gasteiger partial charge in [-0.05, 0) is 60.3 Å². The molecule has 1 aromatic rings. The van der Waals surface area contributed by atoms with Gasteiger partial charge in [0.1, 0.15) is 0 Å². The number of nitrogens with one attached hydrogen (secondary N) is 1. The van der Waals surface area contributed by atoms with E-state index in [0.717, 1.165) is 16.6 Å². The molecule has 1 fully saturated rings. The summed E-state index contributed by atoms with van der Waals surface area (Å²) in [6.45, 7) is 4.55. The van der Waals surface area contributed by atoms with E-state index in [0.29, 0.717) is 24.1 Å². The van der Waals surface area contributed by atoms with E-state index in [4.69, 9.17) is 14.2 Å². The average molecular weight is 400 g/mol. The fourth-order valence-corrected chi connectivity index (χ4v) is 3.45. The number of carbonyl (C=O) groups excluding carboxylic acids is 1. The molecule has 0 radical (unpaired) electrons. The summed E-state index contributed by atoms with van der Waals surface area (Å²) in [6, 6.07) is 4.55. The molecule has 1 N–H and O–H groups in total. The highest BCUT2D eigenvalue weighted by Gasteiger charge is 2.21. The van der Waals surface area contributed by atoms with Crippen LogP contribution in [0.25, 0.3) is 0 Å². The first kappa shape index (κ1) is 19.1. The topological polar surface area (TPSA) is 56.8 Å². The smallest absolute Gasteiger partial charge is 0.347 e. The van der Waals surface area contributed by atoms with Crippen LogP contribution in [0.15, 0.2) is 16.6 Å². The number of ether oxygens (including phenoxy) is 3. The van der Waals surface area contributed by atoms with Gasteiger partial charge in [-0.25, -0.2) is 4.79 Å². The summed E-state index contributed by atoms with van der Waals surface area (Å²) in [4.78, 5) is 11.8. The van der Waals surface area contributed by atoms with E-state index in [2.05, 4.69) is 21.2 Å². The largest absolute Gasteiger partial charge is 0.493 e. The molecule has 0 heterocycles. The number of hydrogen-bond donors (Lipinski definition) is 1. The van der Waals surface area contributed by atoms with Crippen LogP contribution < -0.4 is 14.8 Å². The number of methoxy groups -OCH3 is 1. The van der Waals surface area contributed by atoms with Crippen molar-refractivity contribution >= 4 is 21.9 Å². The molecule has 0 aliphatic heterocycles. The first-order valence-corrected chi connectivity index (χ1v) is 9.27. The SMILES string of the molecule is CCOC(=O)[C@@H](C)Oc1c(Br)cc(CNC2CCCC2)cc1OC. The van der Waals surface area contributed by atoms with E-state index in [1.807, 2.05) is 12.1 Å². The van der Waals surface area contributed by atoms with Crippen molar-refractivity contribution in [1.29, 1.82) is 0 Å². The zero-order valence-electron chi connectivity index (χ0n) is 14.6. The van der Waals surface area contributed by atoms with Crippen LogP contribution in [0.3, 0.4) is 0 Å². The van der Waals surface area contributed by atoms with Crippen molar-refractivity contribution < 1.29 is 19.0 Å². The van der Waals surface area contributed by atoms with Gasteiger partial charge < -0.3 is 19.5 Å². The molecule has 0 bridgehead atoms. The van der Waals surface area contributed by atoms with Gasteiger partial charge in [-0.3, -0.25) is 0 Å². The van der Waals surface area contributed by atoms with E-state index in [1.54, 1.807) is 21.0 Å². The molecule has 24 heavy (non-hydrogen) atoms. The lowest BCUT2D eigenvalue weighted by atomic mass is 10.1. The van der Waals surface area contributed by atoms with Crippen LogP contribution in [0.4, 0.5) is 0 Å². The van der Waals surface area contributed by atoms with Gasteiger partial charge in [0.2, 0.25) is 0 Å². The van der Waals surface area contributed by atoms with E-state index < -0.39 is 12.1 Å². The Morgan fingerprint density at radius 3 is 2.71 bits per heavy atom. The van der Waals surface area contributed by atoms with Crippen molar-refractivity contribution in [2.24, 2.45) is 0 Å². The minimum absolute atomic E-state index is 0.330. The Bertz CT molecular complexity index is 558. The minimum atomic E-state index is -0.697. The number of esters is 1. The van der Waals surface area contributed by atoms with Crippen LogP contribution in [0.1, 0.15) is 45.1 Å². The molecule has 1 atom stereocenters. The van der Waals surface area contributed by atoms with Gasteiger partial charge in [0.15, 0.2) is 17.6 Å². The Labute approximate surface area is 152 Å². The molecule has 5 nitrogen and oxygen atoms in total. The zero-order chi connectivity index (χ0) is 17.5. The molecule has 1 saturated carbocycles. The summed E-state index contributed by atoms with van der Waals surface area (Å²) in [7, 11) is 1.60. The van der Waals surface area contributed by atoms with E-state index in [1.165, 1.54) is 25.7 Å². The standard InChI is InChI=1S/C18H26BrNO4/c1-4-23-18(21)12(2)24-17-15(19)9-13(10-16(17)22-3)11-20-14-7-5-6-8-14/h9-10,12,14,20H,4-8,11H2,1-3H3/t12-/m1/s1. The van der Waals surface area contributed by atoms with E-state index >= 15 is 0 Å². The zero-order valence-corrected chi connectivity index (χ0v) is 16.1. The lowest BCUT2D eigenvalue weighted by molar-refractivity contribution is -0.150. The summed E-state index contributed by atoms with van der Waals surface area (Å²) in [5.74, 6) is 0.727. The summed E-state index contributed by atoms with van der Waals surface area (Å²) >= 11 is 3.52. The third kappa shape index (κ3) is 5.11. The van der Waals surface area contributed by atoms with Crippen LogP contribution in [0.2, 0.25) is 0 Å². The number of carbonyl (C=O) groups is 1. The van der Waals surface area contributed by atoms with Gasteiger partial charge in [0.05, 0.1) is 18.2 Å². The molecule has 1 aliphatic rings. The molecular formula is C18H26BrNO4. The number of rotatable bonds is 8. The normalized spacial score (nSPS) is 16.0. The summed E-state index contributed by atoms with van der Waals surface area (Å²) in [5.41, 5.74) is 1.11. The maximum atomic E-state index is 11.8. The Hall–Kier alpha value is -1.27. The Kier molecular flexibility index (Phi) is 7.37. The van der Waals surface area contributed by atoms with E-state index in [-0.39, 0.29) is 0 Å². The van der Waals surface area contributed by atoms with Crippen molar-refractivity contribution in [1.82, 2.24) is 5.32 Å². The third-order valence-corrected chi connectivity index (χ3v) is 4.74. The lowest BCUT2D eigenvalue weighted by Gasteiger charge is -2.19. The number of halogens is 1. The fourth-order valence-electron chi connectivity index (χ4n) is 2.87. The predicted molar refractivity (Wildman–Crippen MR) is 96.5 cm³/mol. The summed E-state index contributed by atoms with van der Waals surface area (Å²) < 4.78 is 16.9. The van der Waals surface area contributed by atoms with Gasteiger partial charge in [0.25, 0.3) is 0 Å². The second-order valence-corrected chi connectivity index (χ2v) is 6.84. The monoisotopic (exact) mass is 399 g/mol. The van der Waals surface area contributed by atoms with Crippen LogP contribution in [-0.2, 0) is 16.1 Å². The van der Waals surface area contributed by atoms with Crippen LogP contribution in [0.5, 0.6) is 11.5 Å². The first-order valence-electron chi connectivity index (χ1n) is 8.48. The molecule has 6 heteroatoms. The molecular weight excluding hydrogens is 374 g/mol. The summed E-state index contributed by atoms with van der Waals surface area (Å²) in [6.07, 6.45) is 4.41. The van der Waals surface area contributed by atoms with Crippen molar-refractivity contribution in [3.63, 3.8) is 0 Å². The summed E-state index contributed by atoms with van der Waals surface area (Å²) in [5, 5.41) is 3.58. The Morgan fingerprint density at radius 2 is 2.08 bits per heavy atom. The highest BCUT2D eigenvalue weighted by Crippen LogP contribution is 2.37. The molecule has 2 rings (SSSR count). The quantitative estimate of drug-likeness (QED) is 0.673. The first-order chi connectivity index (χ1) is 11.5. The molecule has 0 spiro atoms. The van der Waals surface area contributed by atoms with Crippen LogP contribution >= 0.6 is 15.9 Å². The van der Waals surface area contributed by atoms with E-state index in [9.17, 15) is 4.79 Å². The molecule has 134 valence electrons. The lowest BCUT2D eigenvalue weighted by Crippen LogP contribution is -2.27. The van der Waals surface area contributed by atoms with Gasteiger partial charge in [-0.1, -0.05) is 12.8 Å². The van der Waals surface area contributed by atoms with Crippen molar-refractivity contribution in [3.8, 4) is 11.5 Å². The molecule has 0 unspecified atom stereocenters. The van der Waals surface area contributed by atoms with Crippen molar-refractivity contribution in [2.45, 2.75) is 58.2 Å². The Balaban J connectivity index is 2.06. The maximum Gasteiger partial charge on any atom is 0.347 e. The van der Waals surface area contributed by atoms with Crippen molar-refractivity contribution in [3.05, 3.63) is 22.2 Å². The average Bonchev–Trinajstić information content (AvgIpc) is 3.08. The number of benzene rings is 1. The second-order valence-electron chi connectivity index (χ2n) is 5.98. The van der Waals surface area contributed by atoms with Gasteiger partial charge >= 0.3 is 5.97 Å². The predicted octanol–water partition coefficient (Wildman–Crippen LogP) is 3.82. The van der Waals surface area contributed by atoms with Crippen LogP contribution in [-0.4, -0.2) is 31.8 Å². The second kappa shape index (κ2) is 9.28. The highest BCUT2D eigenvalue weighted by atomic mass is 79.9. The molecule has 0 amide bonds. The third-order valence-electron chi connectivity index (χ3n) is 4.15. The van der Waals surface area contributed by atoms with Gasteiger partial charge in [-0.15, -0.1) is 0 Å².